The van der Waals surface area contributed by atoms with Gasteiger partial charge in [-0.2, -0.15) is 0 Å². The first kappa shape index (κ1) is 11.6. The number of rotatable bonds is 3. The molecule has 0 bridgehead atoms. The smallest absolute Gasteiger partial charge is 0.132 e. The van der Waals surface area contributed by atoms with Gasteiger partial charge in [0.05, 0.1) is 5.56 Å². The summed E-state index contributed by atoms with van der Waals surface area (Å²) >= 11 is 0. The van der Waals surface area contributed by atoms with Crippen LogP contribution in [-0.4, -0.2) is 0 Å². The second kappa shape index (κ2) is 4.95. The first-order valence-corrected chi connectivity index (χ1v) is 5.30. The molecule has 0 saturated carbocycles. The Balaban J connectivity index is 2.16. The SMILES string of the molecule is Cc1ccccc1OCc1c(F)cccc1F. The Morgan fingerprint density at radius 3 is 2.24 bits per heavy atom. The normalized spacial score (nSPS) is 10.3. The average Bonchev–Trinajstić information content (AvgIpc) is 2.30. The van der Waals surface area contributed by atoms with E-state index in [1.807, 2.05) is 25.1 Å². The summed E-state index contributed by atoms with van der Waals surface area (Å²) in [6, 6.07) is 11.1. The summed E-state index contributed by atoms with van der Waals surface area (Å²) in [6.45, 7) is 1.77. The molecule has 0 unspecified atom stereocenters. The number of ether oxygens (including phenoxy) is 1. The average molecular weight is 234 g/mol. The molecular weight excluding hydrogens is 222 g/mol. The molecule has 0 saturated heterocycles. The topological polar surface area (TPSA) is 9.23 Å². The van der Waals surface area contributed by atoms with Crippen LogP contribution in [0, 0.1) is 18.6 Å². The van der Waals surface area contributed by atoms with Gasteiger partial charge in [0.25, 0.3) is 0 Å². The minimum absolute atomic E-state index is 0.0456. The number of halogens is 2. The molecule has 2 aromatic rings. The maximum Gasteiger partial charge on any atom is 0.132 e. The number of aryl methyl sites for hydroxylation is 1. The summed E-state index contributed by atoms with van der Waals surface area (Å²) in [4.78, 5) is 0. The highest BCUT2D eigenvalue weighted by molar-refractivity contribution is 5.32. The third-order valence-electron chi connectivity index (χ3n) is 2.53. The Morgan fingerprint density at radius 2 is 1.59 bits per heavy atom. The van der Waals surface area contributed by atoms with Gasteiger partial charge in [0, 0.05) is 0 Å². The molecule has 0 aliphatic heterocycles. The van der Waals surface area contributed by atoms with Crippen molar-refractivity contribution in [1.82, 2.24) is 0 Å². The molecule has 0 atom stereocenters. The third kappa shape index (κ3) is 2.61. The molecule has 88 valence electrons. The fraction of sp³-hybridized carbons (Fsp3) is 0.143. The quantitative estimate of drug-likeness (QED) is 0.783. The fourth-order valence-corrected chi connectivity index (χ4v) is 1.54. The molecule has 0 spiro atoms. The van der Waals surface area contributed by atoms with Gasteiger partial charge >= 0.3 is 0 Å². The fourth-order valence-electron chi connectivity index (χ4n) is 1.54. The number of hydrogen-bond acceptors (Lipinski definition) is 1. The van der Waals surface area contributed by atoms with Gasteiger partial charge in [0.2, 0.25) is 0 Å². The van der Waals surface area contributed by atoms with Crippen LogP contribution in [0.2, 0.25) is 0 Å². The molecular formula is C14H12F2O. The van der Waals surface area contributed by atoms with E-state index in [9.17, 15) is 8.78 Å². The van der Waals surface area contributed by atoms with Crippen molar-refractivity contribution in [3.63, 3.8) is 0 Å². The number of hydrogen-bond donors (Lipinski definition) is 0. The lowest BCUT2D eigenvalue weighted by atomic mass is 10.2. The Labute approximate surface area is 98.7 Å². The van der Waals surface area contributed by atoms with Gasteiger partial charge in [0.1, 0.15) is 24.0 Å². The maximum absolute atomic E-state index is 13.3. The zero-order valence-electron chi connectivity index (χ0n) is 9.41. The van der Waals surface area contributed by atoms with E-state index in [1.165, 1.54) is 18.2 Å². The van der Waals surface area contributed by atoms with Gasteiger partial charge in [-0.25, -0.2) is 8.78 Å². The molecule has 17 heavy (non-hydrogen) atoms. The highest BCUT2D eigenvalue weighted by atomic mass is 19.1. The van der Waals surface area contributed by atoms with Crippen molar-refractivity contribution in [2.75, 3.05) is 0 Å². The highest BCUT2D eigenvalue weighted by Crippen LogP contribution is 2.19. The first-order valence-electron chi connectivity index (χ1n) is 5.30. The summed E-state index contributed by atoms with van der Waals surface area (Å²) in [6.07, 6.45) is 0. The number of para-hydroxylation sites is 1. The van der Waals surface area contributed by atoms with Gasteiger partial charge in [-0.3, -0.25) is 0 Å². The van der Waals surface area contributed by atoms with Crippen LogP contribution in [0.15, 0.2) is 42.5 Å². The minimum Gasteiger partial charge on any atom is -0.488 e. The first-order chi connectivity index (χ1) is 8.18. The van der Waals surface area contributed by atoms with Crippen LogP contribution in [0.25, 0.3) is 0 Å². The van der Waals surface area contributed by atoms with Gasteiger partial charge in [-0.15, -0.1) is 0 Å². The van der Waals surface area contributed by atoms with Crippen molar-refractivity contribution in [1.29, 1.82) is 0 Å². The van der Waals surface area contributed by atoms with Gasteiger partial charge in [-0.1, -0.05) is 24.3 Å². The molecule has 0 fully saturated rings. The molecule has 0 N–H and O–H groups in total. The van der Waals surface area contributed by atoms with Crippen molar-refractivity contribution in [3.05, 3.63) is 65.2 Å². The van der Waals surface area contributed by atoms with E-state index in [0.717, 1.165) is 5.56 Å². The Hall–Kier alpha value is -1.90. The summed E-state index contributed by atoms with van der Waals surface area (Å²) in [5, 5.41) is 0. The van der Waals surface area contributed by atoms with E-state index in [4.69, 9.17) is 4.74 Å². The monoisotopic (exact) mass is 234 g/mol. The molecule has 2 aromatic carbocycles. The maximum atomic E-state index is 13.3. The standard InChI is InChI=1S/C14H12F2O/c1-10-5-2-3-8-14(10)17-9-11-12(15)6-4-7-13(11)16/h2-8H,9H2,1H3. The van der Waals surface area contributed by atoms with Crippen LogP contribution in [0.5, 0.6) is 5.75 Å². The predicted molar refractivity (Wildman–Crippen MR) is 61.9 cm³/mol. The Morgan fingerprint density at radius 1 is 0.941 bits per heavy atom. The van der Waals surface area contributed by atoms with Crippen LogP contribution < -0.4 is 4.74 Å². The molecule has 0 aliphatic carbocycles. The van der Waals surface area contributed by atoms with E-state index in [1.54, 1.807) is 6.07 Å². The van der Waals surface area contributed by atoms with Gasteiger partial charge in [0.15, 0.2) is 0 Å². The molecule has 0 aromatic heterocycles. The second-order valence-electron chi connectivity index (χ2n) is 3.75. The van der Waals surface area contributed by atoms with Crippen LogP contribution in [0.4, 0.5) is 8.78 Å². The Kier molecular flexibility index (Phi) is 3.38. The van der Waals surface area contributed by atoms with E-state index in [2.05, 4.69) is 0 Å². The van der Waals surface area contributed by atoms with Crippen molar-refractivity contribution in [2.24, 2.45) is 0 Å². The second-order valence-corrected chi connectivity index (χ2v) is 3.75. The van der Waals surface area contributed by atoms with E-state index in [-0.39, 0.29) is 12.2 Å². The molecule has 3 heteroatoms. The van der Waals surface area contributed by atoms with Crippen LogP contribution in [-0.2, 0) is 6.61 Å². The minimum atomic E-state index is -0.585. The van der Waals surface area contributed by atoms with Crippen LogP contribution >= 0.6 is 0 Å². The van der Waals surface area contributed by atoms with Crippen LogP contribution in [0.1, 0.15) is 11.1 Å². The zero-order chi connectivity index (χ0) is 12.3. The lowest BCUT2D eigenvalue weighted by Gasteiger charge is -2.09. The largest absolute Gasteiger partial charge is 0.488 e. The van der Waals surface area contributed by atoms with Gasteiger partial charge in [-0.05, 0) is 30.7 Å². The molecule has 0 radical (unpaired) electrons. The van der Waals surface area contributed by atoms with Crippen molar-refractivity contribution in [2.45, 2.75) is 13.5 Å². The summed E-state index contributed by atoms with van der Waals surface area (Å²) in [5.41, 5.74) is 0.889. The van der Waals surface area contributed by atoms with Crippen molar-refractivity contribution in [3.8, 4) is 5.75 Å². The summed E-state index contributed by atoms with van der Waals surface area (Å²) in [7, 11) is 0. The molecule has 0 heterocycles. The van der Waals surface area contributed by atoms with Crippen LogP contribution in [0.3, 0.4) is 0 Å². The van der Waals surface area contributed by atoms with Gasteiger partial charge < -0.3 is 4.74 Å². The van der Waals surface area contributed by atoms with Crippen molar-refractivity contribution < 1.29 is 13.5 Å². The van der Waals surface area contributed by atoms with Crippen molar-refractivity contribution >= 4 is 0 Å². The molecule has 0 aliphatic rings. The summed E-state index contributed by atoms with van der Waals surface area (Å²) in [5.74, 6) is -0.535. The third-order valence-corrected chi connectivity index (χ3v) is 2.53. The lowest BCUT2D eigenvalue weighted by molar-refractivity contribution is 0.290. The lowest BCUT2D eigenvalue weighted by Crippen LogP contribution is -2.02. The number of benzene rings is 2. The van der Waals surface area contributed by atoms with E-state index >= 15 is 0 Å². The predicted octanol–water partition coefficient (Wildman–Crippen LogP) is 3.85. The Bertz CT molecular complexity index is 503. The molecule has 0 amide bonds. The zero-order valence-corrected chi connectivity index (χ0v) is 9.41. The van der Waals surface area contributed by atoms with E-state index < -0.39 is 11.6 Å². The van der Waals surface area contributed by atoms with E-state index in [0.29, 0.717) is 5.75 Å². The molecule has 2 rings (SSSR count). The highest BCUT2D eigenvalue weighted by Gasteiger charge is 2.09. The summed E-state index contributed by atoms with van der Waals surface area (Å²) < 4.78 is 32.1. The molecule has 1 nitrogen and oxygen atoms in total.